The van der Waals surface area contributed by atoms with Crippen molar-refractivity contribution in [2.45, 2.75) is 31.7 Å². The maximum absolute atomic E-state index is 13.2. The van der Waals surface area contributed by atoms with E-state index in [0.717, 1.165) is 41.4 Å². The Balaban J connectivity index is 1.94. The third kappa shape index (κ3) is 2.72. The van der Waals surface area contributed by atoms with Crippen LogP contribution in [0.15, 0.2) is 60.7 Å². The van der Waals surface area contributed by atoms with E-state index in [0.29, 0.717) is 0 Å². The first-order valence-corrected chi connectivity index (χ1v) is 9.29. The fourth-order valence-corrected chi connectivity index (χ4v) is 3.79. The number of amides is 1. The number of benzene rings is 2. The third-order valence-electron chi connectivity index (χ3n) is 5.11. The second-order valence-corrected chi connectivity index (χ2v) is 6.76. The van der Waals surface area contributed by atoms with Crippen molar-refractivity contribution in [1.82, 2.24) is 9.63 Å². The summed E-state index contributed by atoms with van der Waals surface area (Å²) >= 11 is 0. The topological polar surface area (TPSA) is 34.5 Å². The molecule has 0 N–H and O–H groups in total. The Hall–Kier alpha value is -3.03. The van der Waals surface area contributed by atoms with E-state index in [1.807, 2.05) is 54.6 Å². The van der Waals surface area contributed by atoms with Crippen molar-refractivity contribution in [2.75, 3.05) is 7.11 Å². The van der Waals surface area contributed by atoms with E-state index in [-0.39, 0.29) is 6.03 Å². The molecule has 2 aromatic carbocycles. The standard InChI is InChI=1S/C23H22N2O2/c1-3-4-15-23(16-14-18-10-6-5-7-11-18)21-17-19-12-8-9-13-20(19)24(21)22(26)25(23)27-2/h5-13,17H,3-4,15H2,1-2H3. The summed E-state index contributed by atoms with van der Waals surface area (Å²) in [6.45, 7) is 2.14. The first kappa shape index (κ1) is 17.4. The highest BCUT2D eigenvalue weighted by atomic mass is 16.7. The molecule has 3 aromatic rings. The lowest BCUT2D eigenvalue weighted by atomic mass is 9.89. The van der Waals surface area contributed by atoms with Crippen molar-refractivity contribution in [2.24, 2.45) is 0 Å². The average Bonchev–Trinajstić information content (AvgIpc) is 3.20. The summed E-state index contributed by atoms with van der Waals surface area (Å²) < 4.78 is 1.74. The maximum atomic E-state index is 13.2. The lowest BCUT2D eigenvalue weighted by molar-refractivity contribution is -0.134. The van der Waals surface area contributed by atoms with Crippen LogP contribution in [-0.4, -0.2) is 22.8 Å². The summed E-state index contributed by atoms with van der Waals surface area (Å²) in [6.07, 6.45) is 2.68. The summed E-state index contributed by atoms with van der Waals surface area (Å²) in [5.41, 5.74) is 1.90. The molecule has 0 bridgehead atoms. The van der Waals surface area contributed by atoms with Crippen molar-refractivity contribution < 1.29 is 9.63 Å². The highest BCUT2D eigenvalue weighted by Gasteiger charge is 2.50. The molecule has 0 fully saturated rings. The molecule has 1 aliphatic heterocycles. The molecule has 2 heterocycles. The number of para-hydroxylation sites is 1. The van der Waals surface area contributed by atoms with Gasteiger partial charge >= 0.3 is 6.03 Å². The molecule has 0 saturated carbocycles. The van der Waals surface area contributed by atoms with Gasteiger partial charge in [-0.25, -0.2) is 4.79 Å². The highest BCUT2D eigenvalue weighted by Crippen LogP contribution is 2.42. The number of hydrogen-bond donors (Lipinski definition) is 0. The van der Waals surface area contributed by atoms with Gasteiger partial charge in [0.15, 0.2) is 5.54 Å². The van der Waals surface area contributed by atoms with E-state index in [2.05, 4.69) is 24.8 Å². The molecule has 4 rings (SSSR count). The minimum Gasteiger partial charge on any atom is -0.271 e. The molecule has 4 heteroatoms. The number of carbonyl (C=O) groups is 1. The van der Waals surface area contributed by atoms with Crippen LogP contribution in [-0.2, 0) is 10.4 Å². The predicted octanol–water partition coefficient (Wildman–Crippen LogP) is 4.92. The van der Waals surface area contributed by atoms with Gasteiger partial charge in [0.25, 0.3) is 0 Å². The molecular weight excluding hydrogens is 336 g/mol. The second kappa shape index (κ2) is 6.94. The van der Waals surface area contributed by atoms with Gasteiger partial charge in [-0.1, -0.05) is 61.6 Å². The molecule has 1 amide bonds. The molecule has 27 heavy (non-hydrogen) atoms. The van der Waals surface area contributed by atoms with E-state index in [1.54, 1.807) is 4.57 Å². The molecule has 1 unspecified atom stereocenters. The van der Waals surface area contributed by atoms with Gasteiger partial charge in [0, 0.05) is 10.9 Å². The van der Waals surface area contributed by atoms with Crippen LogP contribution in [0.4, 0.5) is 4.79 Å². The summed E-state index contributed by atoms with van der Waals surface area (Å²) in [5.74, 6) is 6.67. The number of carbonyl (C=O) groups excluding carboxylic acids is 1. The van der Waals surface area contributed by atoms with Gasteiger partial charge in [-0.2, -0.15) is 5.06 Å². The zero-order chi connectivity index (χ0) is 18.9. The number of nitrogens with zero attached hydrogens (tertiary/aromatic N) is 2. The third-order valence-corrected chi connectivity index (χ3v) is 5.11. The molecule has 0 radical (unpaired) electrons. The van der Waals surface area contributed by atoms with E-state index in [4.69, 9.17) is 4.84 Å². The summed E-state index contributed by atoms with van der Waals surface area (Å²) in [7, 11) is 1.54. The van der Waals surface area contributed by atoms with E-state index in [9.17, 15) is 4.79 Å². The molecule has 0 spiro atoms. The number of rotatable bonds is 4. The molecule has 1 atom stereocenters. The van der Waals surface area contributed by atoms with E-state index >= 15 is 0 Å². The molecule has 0 saturated heterocycles. The second-order valence-electron chi connectivity index (χ2n) is 6.76. The van der Waals surface area contributed by atoms with Crippen molar-refractivity contribution in [1.29, 1.82) is 0 Å². The number of unbranched alkanes of at least 4 members (excludes halogenated alkanes) is 1. The fourth-order valence-electron chi connectivity index (χ4n) is 3.79. The summed E-state index contributed by atoms with van der Waals surface area (Å²) in [4.78, 5) is 18.8. The highest BCUT2D eigenvalue weighted by molar-refractivity contribution is 5.96. The van der Waals surface area contributed by atoms with E-state index < -0.39 is 5.54 Å². The lowest BCUT2D eigenvalue weighted by Gasteiger charge is -2.31. The Morgan fingerprint density at radius 2 is 1.81 bits per heavy atom. The van der Waals surface area contributed by atoms with Crippen molar-refractivity contribution >= 4 is 16.9 Å². The van der Waals surface area contributed by atoms with Gasteiger partial charge in [-0.3, -0.25) is 9.40 Å². The van der Waals surface area contributed by atoms with Crippen LogP contribution in [0.3, 0.4) is 0 Å². The maximum Gasteiger partial charge on any atom is 0.354 e. The Morgan fingerprint density at radius 3 is 2.56 bits per heavy atom. The lowest BCUT2D eigenvalue weighted by Crippen LogP contribution is -2.42. The van der Waals surface area contributed by atoms with Crippen LogP contribution < -0.4 is 0 Å². The van der Waals surface area contributed by atoms with Crippen LogP contribution in [0, 0.1) is 11.8 Å². The quantitative estimate of drug-likeness (QED) is 0.620. The zero-order valence-corrected chi connectivity index (χ0v) is 15.6. The van der Waals surface area contributed by atoms with Gasteiger partial charge in [-0.15, -0.1) is 0 Å². The fraction of sp³-hybridized carbons (Fsp3) is 0.261. The van der Waals surface area contributed by atoms with Crippen LogP contribution in [0.5, 0.6) is 0 Å². The molecule has 1 aromatic heterocycles. The zero-order valence-electron chi connectivity index (χ0n) is 15.6. The first-order valence-electron chi connectivity index (χ1n) is 9.29. The monoisotopic (exact) mass is 358 g/mol. The molecule has 4 nitrogen and oxygen atoms in total. The van der Waals surface area contributed by atoms with Gasteiger partial charge in [0.05, 0.1) is 18.3 Å². The van der Waals surface area contributed by atoms with Crippen LogP contribution in [0.2, 0.25) is 0 Å². The van der Waals surface area contributed by atoms with Crippen LogP contribution >= 0.6 is 0 Å². The largest absolute Gasteiger partial charge is 0.354 e. The van der Waals surface area contributed by atoms with Gasteiger partial charge in [0.1, 0.15) is 0 Å². The average molecular weight is 358 g/mol. The summed E-state index contributed by atoms with van der Waals surface area (Å²) in [6, 6.07) is 19.7. The van der Waals surface area contributed by atoms with Crippen LogP contribution in [0.1, 0.15) is 37.4 Å². The van der Waals surface area contributed by atoms with Crippen molar-refractivity contribution in [3.63, 3.8) is 0 Å². The normalized spacial score (nSPS) is 18.4. The SMILES string of the molecule is CCCCC1(C#Cc2ccccc2)c2cc3ccccc3n2C(=O)N1OC. The first-order chi connectivity index (χ1) is 13.2. The number of fused-ring (bicyclic) bond motifs is 3. The minimum absolute atomic E-state index is 0.188. The predicted molar refractivity (Wildman–Crippen MR) is 106 cm³/mol. The van der Waals surface area contributed by atoms with Crippen molar-refractivity contribution in [3.05, 3.63) is 71.9 Å². The van der Waals surface area contributed by atoms with Gasteiger partial charge in [0.2, 0.25) is 0 Å². The smallest absolute Gasteiger partial charge is 0.271 e. The molecule has 0 aliphatic carbocycles. The number of hydroxylamine groups is 2. The molecule has 1 aliphatic rings. The molecular formula is C23H22N2O2. The Labute approximate surface area is 159 Å². The van der Waals surface area contributed by atoms with Gasteiger partial charge < -0.3 is 0 Å². The van der Waals surface area contributed by atoms with Gasteiger partial charge in [-0.05, 0) is 37.1 Å². The Morgan fingerprint density at radius 1 is 1.07 bits per heavy atom. The molecule has 136 valence electrons. The Kier molecular flexibility index (Phi) is 4.47. The van der Waals surface area contributed by atoms with Crippen LogP contribution in [0.25, 0.3) is 10.9 Å². The Bertz CT molecular complexity index is 1040. The number of hydrogen-bond acceptors (Lipinski definition) is 2. The summed E-state index contributed by atoms with van der Waals surface area (Å²) in [5, 5.41) is 2.49. The van der Waals surface area contributed by atoms with Crippen molar-refractivity contribution in [3.8, 4) is 11.8 Å². The number of aromatic nitrogens is 1. The minimum atomic E-state index is -0.795. The van der Waals surface area contributed by atoms with E-state index in [1.165, 1.54) is 12.2 Å².